The van der Waals surface area contributed by atoms with Crippen LogP contribution in [0.4, 0.5) is 0 Å². The average Bonchev–Trinajstić information content (AvgIpc) is 2.49. The first kappa shape index (κ1) is 17.3. The van der Waals surface area contributed by atoms with E-state index in [1.165, 1.54) is 25.3 Å². The smallest absolute Gasteiger partial charge is 0.326 e. The molecule has 7 nitrogen and oxygen atoms in total. The summed E-state index contributed by atoms with van der Waals surface area (Å²) in [7, 11) is 1.42. The van der Waals surface area contributed by atoms with E-state index in [-0.39, 0.29) is 12.5 Å². The molecule has 1 amide bonds. The van der Waals surface area contributed by atoms with E-state index in [4.69, 9.17) is 19.8 Å². The summed E-state index contributed by atoms with van der Waals surface area (Å²) in [6, 6.07) is 5.53. The van der Waals surface area contributed by atoms with Crippen LogP contribution in [0, 0.1) is 17.2 Å². The number of nitriles is 1. The number of aliphatic carboxylic acids is 1. The molecule has 22 heavy (non-hydrogen) atoms. The van der Waals surface area contributed by atoms with Gasteiger partial charge in [0.2, 0.25) is 0 Å². The van der Waals surface area contributed by atoms with Crippen LogP contribution in [0.15, 0.2) is 18.2 Å². The number of ether oxygens (including phenoxy) is 2. The Morgan fingerprint density at radius 3 is 2.55 bits per heavy atom. The number of carbonyl (C=O) groups excluding carboxylic acids is 1. The van der Waals surface area contributed by atoms with E-state index < -0.39 is 17.9 Å². The monoisotopic (exact) mass is 306 g/mol. The molecule has 2 N–H and O–H groups in total. The van der Waals surface area contributed by atoms with Gasteiger partial charge in [-0.05, 0) is 18.1 Å². The van der Waals surface area contributed by atoms with E-state index >= 15 is 0 Å². The van der Waals surface area contributed by atoms with Gasteiger partial charge in [0.25, 0.3) is 5.91 Å². The van der Waals surface area contributed by atoms with Gasteiger partial charge < -0.3 is 19.9 Å². The van der Waals surface area contributed by atoms with Crippen molar-refractivity contribution < 1.29 is 24.2 Å². The molecule has 1 atom stereocenters. The quantitative estimate of drug-likeness (QED) is 0.782. The van der Waals surface area contributed by atoms with Gasteiger partial charge in [-0.15, -0.1) is 0 Å². The summed E-state index contributed by atoms with van der Waals surface area (Å²) in [5.41, 5.74) is 0.402. The van der Waals surface area contributed by atoms with Crippen molar-refractivity contribution in [3.05, 3.63) is 23.8 Å². The van der Waals surface area contributed by atoms with Crippen molar-refractivity contribution in [1.29, 1.82) is 5.26 Å². The third-order valence-electron chi connectivity index (χ3n) is 2.90. The van der Waals surface area contributed by atoms with Crippen LogP contribution in [0.25, 0.3) is 0 Å². The Labute approximate surface area is 128 Å². The van der Waals surface area contributed by atoms with E-state index in [0.29, 0.717) is 17.1 Å². The molecule has 1 aromatic rings. The van der Waals surface area contributed by atoms with Crippen LogP contribution in [0.5, 0.6) is 11.5 Å². The molecule has 0 unspecified atom stereocenters. The molecular weight excluding hydrogens is 288 g/mol. The van der Waals surface area contributed by atoms with Gasteiger partial charge in [-0.1, -0.05) is 13.8 Å². The van der Waals surface area contributed by atoms with E-state index in [2.05, 4.69) is 5.32 Å². The van der Waals surface area contributed by atoms with Gasteiger partial charge in [-0.25, -0.2) is 4.79 Å². The van der Waals surface area contributed by atoms with E-state index in [1.807, 2.05) is 6.07 Å². The molecule has 0 bridgehead atoms. The Kier molecular flexibility index (Phi) is 6.20. The number of amides is 1. The van der Waals surface area contributed by atoms with Gasteiger partial charge in [-0.2, -0.15) is 5.26 Å². The molecule has 0 aromatic heterocycles. The molecule has 0 fully saturated rings. The normalized spacial score (nSPS) is 11.4. The fraction of sp³-hybridized carbons (Fsp3) is 0.400. The van der Waals surface area contributed by atoms with Crippen molar-refractivity contribution in [1.82, 2.24) is 5.32 Å². The number of benzene rings is 1. The molecular formula is C15H18N2O5. The zero-order valence-electron chi connectivity index (χ0n) is 12.6. The molecule has 1 aromatic carbocycles. The first-order chi connectivity index (χ1) is 10.4. The minimum absolute atomic E-state index is 0.245. The molecule has 0 spiro atoms. The van der Waals surface area contributed by atoms with Gasteiger partial charge in [-0.3, -0.25) is 4.79 Å². The van der Waals surface area contributed by atoms with Crippen molar-refractivity contribution >= 4 is 11.9 Å². The highest BCUT2D eigenvalue weighted by atomic mass is 16.5. The number of nitrogens with one attached hydrogen (secondary N) is 1. The van der Waals surface area contributed by atoms with E-state index in [0.717, 1.165) is 0 Å². The standard InChI is InChI=1S/C15H18N2O5/c1-9(2)14(15(19)20)17-13(18)8-22-11-5-4-10(7-16)6-12(11)21-3/h4-6,9,14H,8H2,1-3H3,(H,17,18)(H,19,20)/t14-/m1/s1. The average molecular weight is 306 g/mol. The molecule has 0 aliphatic rings. The zero-order valence-corrected chi connectivity index (χ0v) is 12.6. The number of methoxy groups -OCH3 is 1. The van der Waals surface area contributed by atoms with Gasteiger partial charge in [0, 0.05) is 6.07 Å². The third-order valence-corrected chi connectivity index (χ3v) is 2.90. The lowest BCUT2D eigenvalue weighted by Crippen LogP contribution is -2.46. The second-order valence-corrected chi connectivity index (χ2v) is 4.89. The minimum Gasteiger partial charge on any atom is -0.493 e. The van der Waals surface area contributed by atoms with Crippen LogP contribution in [-0.4, -0.2) is 36.7 Å². The summed E-state index contributed by atoms with van der Waals surface area (Å²) in [6.45, 7) is 3.05. The summed E-state index contributed by atoms with van der Waals surface area (Å²) in [5.74, 6) is -1.27. The van der Waals surface area contributed by atoms with Crippen LogP contribution in [0.2, 0.25) is 0 Å². The number of hydrogen-bond donors (Lipinski definition) is 2. The molecule has 0 saturated carbocycles. The highest BCUT2D eigenvalue weighted by Crippen LogP contribution is 2.27. The van der Waals surface area contributed by atoms with Crippen LogP contribution < -0.4 is 14.8 Å². The van der Waals surface area contributed by atoms with Gasteiger partial charge in [0.15, 0.2) is 18.1 Å². The first-order valence-electron chi connectivity index (χ1n) is 6.62. The maximum absolute atomic E-state index is 11.8. The molecule has 0 aliphatic heterocycles. The Morgan fingerprint density at radius 2 is 2.05 bits per heavy atom. The number of rotatable bonds is 7. The van der Waals surface area contributed by atoms with Crippen LogP contribution >= 0.6 is 0 Å². The van der Waals surface area contributed by atoms with Crippen molar-refractivity contribution in [3.63, 3.8) is 0 Å². The Balaban J connectivity index is 2.68. The fourth-order valence-corrected chi connectivity index (χ4v) is 1.73. The fourth-order valence-electron chi connectivity index (χ4n) is 1.73. The second kappa shape index (κ2) is 7.88. The van der Waals surface area contributed by atoms with Crippen molar-refractivity contribution in [2.24, 2.45) is 5.92 Å². The maximum atomic E-state index is 11.8. The highest BCUT2D eigenvalue weighted by molar-refractivity contribution is 5.84. The predicted octanol–water partition coefficient (Wildman–Crippen LogP) is 1.17. The first-order valence-corrected chi connectivity index (χ1v) is 6.62. The molecule has 7 heteroatoms. The Hall–Kier alpha value is -2.75. The largest absolute Gasteiger partial charge is 0.493 e. The SMILES string of the molecule is COc1cc(C#N)ccc1OCC(=O)N[C@@H](C(=O)O)C(C)C. The molecule has 0 radical (unpaired) electrons. The lowest BCUT2D eigenvalue weighted by molar-refractivity contribution is -0.143. The highest BCUT2D eigenvalue weighted by Gasteiger charge is 2.23. The maximum Gasteiger partial charge on any atom is 0.326 e. The summed E-state index contributed by atoms with van der Waals surface area (Å²) < 4.78 is 10.4. The number of nitrogens with zero attached hydrogens (tertiary/aromatic N) is 1. The predicted molar refractivity (Wildman–Crippen MR) is 77.6 cm³/mol. The van der Waals surface area contributed by atoms with Gasteiger partial charge in [0.1, 0.15) is 6.04 Å². The van der Waals surface area contributed by atoms with E-state index in [1.54, 1.807) is 13.8 Å². The molecule has 1 rings (SSSR count). The van der Waals surface area contributed by atoms with Crippen molar-refractivity contribution in [2.75, 3.05) is 13.7 Å². The number of hydrogen-bond acceptors (Lipinski definition) is 5. The molecule has 0 heterocycles. The van der Waals surface area contributed by atoms with Crippen molar-refractivity contribution in [3.8, 4) is 17.6 Å². The number of carboxylic acid groups (broad SMARTS) is 1. The summed E-state index contributed by atoms with van der Waals surface area (Å²) in [6.07, 6.45) is 0. The second-order valence-electron chi connectivity index (χ2n) is 4.89. The molecule has 118 valence electrons. The Morgan fingerprint density at radius 1 is 1.36 bits per heavy atom. The zero-order chi connectivity index (χ0) is 16.7. The van der Waals surface area contributed by atoms with Crippen LogP contribution in [-0.2, 0) is 9.59 Å². The van der Waals surface area contributed by atoms with Gasteiger partial charge in [0.05, 0.1) is 18.7 Å². The number of carbonyl (C=O) groups is 2. The minimum atomic E-state index is -1.10. The van der Waals surface area contributed by atoms with E-state index in [9.17, 15) is 9.59 Å². The summed E-state index contributed by atoms with van der Waals surface area (Å²) >= 11 is 0. The molecule has 0 aliphatic carbocycles. The summed E-state index contributed by atoms with van der Waals surface area (Å²) in [5, 5.41) is 20.2. The van der Waals surface area contributed by atoms with Gasteiger partial charge >= 0.3 is 5.97 Å². The number of carboxylic acids is 1. The summed E-state index contributed by atoms with van der Waals surface area (Å²) in [4.78, 5) is 22.8. The van der Waals surface area contributed by atoms with Crippen LogP contribution in [0.3, 0.4) is 0 Å². The van der Waals surface area contributed by atoms with Crippen LogP contribution in [0.1, 0.15) is 19.4 Å². The lowest BCUT2D eigenvalue weighted by Gasteiger charge is -2.18. The van der Waals surface area contributed by atoms with Crippen molar-refractivity contribution in [2.45, 2.75) is 19.9 Å². The third kappa shape index (κ3) is 4.66. The molecule has 0 saturated heterocycles. The topological polar surface area (TPSA) is 109 Å². The Bertz CT molecular complexity index is 592. The lowest BCUT2D eigenvalue weighted by atomic mass is 10.1.